The van der Waals surface area contributed by atoms with Crippen LogP contribution in [0.2, 0.25) is 0 Å². The molecule has 5 heteroatoms. The Balaban J connectivity index is 1.70. The third-order valence-electron chi connectivity index (χ3n) is 4.22. The Morgan fingerprint density at radius 2 is 2.30 bits per heavy atom. The van der Waals surface area contributed by atoms with Crippen molar-refractivity contribution in [1.29, 1.82) is 0 Å². The SMILES string of the molecule is CCNC1CCCc2sc(N(C)CC3CCCO3)nc21. The van der Waals surface area contributed by atoms with Crippen molar-refractivity contribution < 1.29 is 4.74 Å². The molecule has 1 aliphatic heterocycles. The predicted octanol–water partition coefficient (Wildman–Crippen LogP) is 2.75. The monoisotopic (exact) mass is 295 g/mol. The highest BCUT2D eigenvalue weighted by atomic mass is 32.1. The number of ether oxygens (including phenoxy) is 1. The van der Waals surface area contributed by atoms with Gasteiger partial charge in [0.25, 0.3) is 0 Å². The number of thiazole rings is 1. The largest absolute Gasteiger partial charge is 0.376 e. The van der Waals surface area contributed by atoms with Crippen LogP contribution < -0.4 is 10.2 Å². The second-order valence-electron chi connectivity index (χ2n) is 5.82. The fourth-order valence-electron chi connectivity index (χ4n) is 3.19. The van der Waals surface area contributed by atoms with E-state index in [9.17, 15) is 0 Å². The van der Waals surface area contributed by atoms with Gasteiger partial charge in [0, 0.05) is 25.1 Å². The molecule has 0 saturated carbocycles. The predicted molar refractivity (Wildman–Crippen MR) is 83.7 cm³/mol. The van der Waals surface area contributed by atoms with Gasteiger partial charge in [0.15, 0.2) is 5.13 Å². The molecular formula is C15H25N3OS. The number of likely N-dealkylation sites (N-methyl/N-ethyl adjacent to an activating group) is 1. The molecular weight excluding hydrogens is 270 g/mol. The minimum Gasteiger partial charge on any atom is -0.376 e. The summed E-state index contributed by atoms with van der Waals surface area (Å²) in [5.74, 6) is 0. The zero-order valence-electron chi connectivity index (χ0n) is 12.5. The molecule has 0 amide bonds. The first-order chi connectivity index (χ1) is 9.78. The molecule has 0 bridgehead atoms. The smallest absolute Gasteiger partial charge is 0.185 e. The summed E-state index contributed by atoms with van der Waals surface area (Å²) >= 11 is 1.88. The molecule has 1 aliphatic carbocycles. The molecule has 2 aliphatic rings. The minimum atomic E-state index is 0.394. The summed E-state index contributed by atoms with van der Waals surface area (Å²) in [4.78, 5) is 8.68. The van der Waals surface area contributed by atoms with E-state index in [1.54, 1.807) is 0 Å². The second kappa shape index (κ2) is 6.41. The van der Waals surface area contributed by atoms with Crippen molar-refractivity contribution in [2.45, 2.75) is 51.2 Å². The van der Waals surface area contributed by atoms with Crippen LogP contribution in [0.15, 0.2) is 0 Å². The van der Waals surface area contributed by atoms with E-state index in [0.29, 0.717) is 12.1 Å². The van der Waals surface area contributed by atoms with E-state index in [-0.39, 0.29) is 0 Å². The molecule has 0 spiro atoms. The molecule has 112 valence electrons. The molecule has 1 aromatic rings. The van der Waals surface area contributed by atoms with E-state index >= 15 is 0 Å². The summed E-state index contributed by atoms with van der Waals surface area (Å²) in [5.41, 5.74) is 1.30. The van der Waals surface area contributed by atoms with Gasteiger partial charge in [-0.25, -0.2) is 4.98 Å². The van der Waals surface area contributed by atoms with Gasteiger partial charge in [-0.1, -0.05) is 6.92 Å². The summed E-state index contributed by atoms with van der Waals surface area (Å²) in [5, 5.41) is 4.73. The summed E-state index contributed by atoms with van der Waals surface area (Å²) in [6.07, 6.45) is 6.49. The Labute approximate surface area is 125 Å². The molecule has 1 aromatic heterocycles. The molecule has 4 nitrogen and oxygen atoms in total. The van der Waals surface area contributed by atoms with Gasteiger partial charge in [0.2, 0.25) is 0 Å². The van der Waals surface area contributed by atoms with Gasteiger partial charge in [-0.05, 0) is 38.6 Å². The summed E-state index contributed by atoms with van der Waals surface area (Å²) in [7, 11) is 2.15. The van der Waals surface area contributed by atoms with Crippen LogP contribution in [0, 0.1) is 0 Å². The number of aryl methyl sites for hydroxylation is 1. The van der Waals surface area contributed by atoms with Crippen LogP contribution in [0.4, 0.5) is 5.13 Å². The average molecular weight is 295 g/mol. The van der Waals surface area contributed by atoms with E-state index in [1.807, 2.05) is 11.3 Å². The average Bonchev–Trinajstić information content (AvgIpc) is 3.08. The normalized spacial score (nSPS) is 25.7. The van der Waals surface area contributed by atoms with Crippen molar-refractivity contribution in [2.24, 2.45) is 0 Å². The number of fused-ring (bicyclic) bond motifs is 1. The standard InChI is InChI=1S/C15H25N3OS/c1-3-16-12-7-4-8-13-14(12)17-15(20-13)18(2)10-11-6-5-9-19-11/h11-12,16H,3-10H2,1-2H3. The number of anilines is 1. The molecule has 1 fully saturated rings. The van der Waals surface area contributed by atoms with Gasteiger partial charge in [0.05, 0.1) is 17.8 Å². The lowest BCUT2D eigenvalue weighted by Crippen LogP contribution is -2.28. The maximum Gasteiger partial charge on any atom is 0.185 e. The number of nitrogens with zero attached hydrogens (tertiary/aromatic N) is 2. The van der Waals surface area contributed by atoms with Gasteiger partial charge in [-0.3, -0.25) is 0 Å². The zero-order valence-corrected chi connectivity index (χ0v) is 13.3. The van der Waals surface area contributed by atoms with Crippen LogP contribution in [0.3, 0.4) is 0 Å². The number of hydrogen-bond acceptors (Lipinski definition) is 5. The van der Waals surface area contributed by atoms with Gasteiger partial charge >= 0.3 is 0 Å². The van der Waals surface area contributed by atoms with Crippen molar-refractivity contribution in [3.05, 3.63) is 10.6 Å². The maximum absolute atomic E-state index is 5.73. The van der Waals surface area contributed by atoms with Crippen LogP contribution in [-0.4, -0.2) is 37.8 Å². The first-order valence-electron chi connectivity index (χ1n) is 7.83. The number of aromatic nitrogens is 1. The van der Waals surface area contributed by atoms with Gasteiger partial charge in [-0.2, -0.15) is 0 Å². The summed E-state index contributed by atoms with van der Waals surface area (Å²) in [6, 6.07) is 0.463. The van der Waals surface area contributed by atoms with Crippen molar-refractivity contribution >= 4 is 16.5 Å². The summed E-state index contributed by atoms with van der Waals surface area (Å²) in [6.45, 7) is 5.08. The lowest BCUT2D eigenvalue weighted by Gasteiger charge is -2.21. The van der Waals surface area contributed by atoms with Crippen LogP contribution >= 0.6 is 11.3 Å². The van der Waals surface area contributed by atoms with E-state index in [0.717, 1.165) is 24.8 Å². The lowest BCUT2D eigenvalue weighted by atomic mass is 9.98. The van der Waals surface area contributed by atoms with Gasteiger partial charge in [-0.15, -0.1) is 11.3 Å². The quantitative estimate of drug-likeness (QED) is 0.906. The third kappa shape index (κ3) is 3.00. The van der Waals surface area contributed by atoms with E-state index < -0.39 is 0 Å². The van der Waals surface area contributed by atoms with E-state index in [2.05, 4.69) is 24.2 Å². The number of nitrogens with one attached hydrogen (secondary N) is 1. The van der Waals surface area contributed by atoms with E-state index in [1.165, 1.54) is 42.7 Å². The third-order valence-corrected chi connectivity index (χ3v) is 5.47. The first kappa shape index (κ1) is 14.3. The molecule has 1 saturated heterocycles. The zero-order chi connectivity index (χ0) is 13.9. The van der Waals surface area contributed by atoms with Gasteiger partial charge in [0.1, 0.15) is 0 Å². The van der Waals surface area contributed by atoms with Gasteiger partial charge < -0.3 is 15.0 Å². The number of rotatable bonds is 5. The van der Waals surface area contributed by atoms with E-state index in [4.69, 9.17) is 9.72 Å². The molecule has 1 N–H and O–H groups in total. The highest BCUT2D eigenvalue weighted by Crippen LogP contribution is 2.36. The first-order valence-corrected chi connectivity index (χ1v) is 8.65. The van der Waals surface area contributed by atoms with Crippen molar-refractivity contribution in [1.82, 2.24) is 10.3 Å². The maximum atomic E-state index is 5.73. The van der Waals surface area contributed by atoms with Crippen LogP contribution in [0.5, 0.6) is 0 Å². The fraction of sp³-hybridized carbons (Fsp3) is 0.800. The molecule has 2 unspecified atom stereocenters. The molecule has 20 heavy (non-hydrogen) atoms. The highest BCUT2D eigenvalue weighted by molar-refractivity contribution is 7.15. The van der Waals surface area contributed by atoms with Crippen molar-refractivity contribution in [3.63, 3.8) is 0 Å². The molecule has 0 radical (unpaired) electrons. The molecule has 2 atom stereocenters. The fourth-order valence-corrected chi connectivity index (χ4v) is 4.32. The summed E-state index contributed by atoms with van der Waals surface area (Å²) < 4.78 is 5.73. The van der Waals surface area contributed by atoms with Crippen molar-refractivity contribution in [2.75, 3.05) is 31.6 Å². The number of hydrogen-bond donors (Lipinski definition) is 1. The molecule has 0 aromatic carbocycles. The van der Waals surface area contributed by atoms with Crippen LogP contribution in [-0.2, 0) is 11.2 Å². The Morgan fingerprint density at radius 3 is 3.05 bits per heavy atom. The lowest BCUT2D eigenvalue weighted by molar-refractivity contribution is 0.116. The topological polar surface area (TPSA) is 37.4 Å². The Bertz CT molecular complexity index is 442. The molecule has 2 heterocycles. The Morgan fingerprint density at radius 1 is 1.40 bits per heavy atom. The second-order valence-corrected chi connectivity index (χ2v) is 6.88. The van der Waals surface area contributed by atoms with Crippen LogP contribution in [0.25, 0.3) is 0 Å². The van der Waals surface area contributed by atoms with Crippen molar-refractivity contribution in [3.8, 4) is 0 Å². The van der Waals surface area contributed by atoms with Crippen LogP contribution in [0.1, 0.15) is 49.2 Å². The minimum absolute atomic E-state index is 0.394. The highest BCUT2D eigenvalue weighted by Gasteiger charge is 2.26. The Kier molecular flexibility index (Phi) is 4.58. The Hall–Kier alpha value is -0.650. The molecule has 3 rings (SSSR count).